The Hall–Kier alpha value is -2.67. The van der Waals surface area contributed by atoms with Gasteiger partial charge in [-0.25, -0.2) is 4.79 Å². The minimum atomic E-state index is -4.75. The van der Waals surface area contributed by atoms with E-state index in [0.717, 1.165) is 0 Å². The Kier molecular flexibility index (Phi) is 5.08. The molecule has 1 aromatic heterocycles. The van der Waals surface area contributed by atoms with Crippen molar-refractivity contribution in [3.63, 3.8) is 0 Å². The third-order valence-corrected chi connectivity index (χ3v) is 3.77. The number of ether oxygens (including phenoxy) is 2. The lowest BCUT2D eigenvalue weighted by molar-refractivity contribution is -0.274. The molecule has 0 spiro atoms. The molecule has 136 valence electrons. The molecule has 0 aliphatic carbocycles. The highest BCUT2D eigenvalue weighted by molar-refractivity contribution is 6.17. The first kappa shape index (κ1) is 18.1. The van der Waals surface area contributed by atoms with Gasteiger partial charge in [0.1, 0.15) is 23.7 Å². The van der Waals surface area contributed by atoms with Crippen LogP contribution >= 0.6 is 11.6 Å². The quantitative estimate of drug-likeness (QED) is 0.458. The van der Waals surface area contributed by atoms with Gasteiger partial charge in [0.25, 0.3) is 0 Å². The molecule has 0 aliphatic rings. The molecule has 0 atom stereocenters. The Labute approximate surface area is 150 Å². The number of rotatable bonds is 5. The van der Waals surface area contributed by atoms with Crippen LogP contribution in [0.4, 0.5) is 13.2 Å². The largest absolute Gasteiger partial charge is 0.573 e. The van der Waals surface area contributed by atoms with Gasteiger partial charge in [-0.3, -0.25) is 0 Å². The fraction of sp³-hybridized carbons (Fsp3) is 0.167. The predicted molar refractivity (Wildman–Crippen MR) is 89.5 cm³/mol. The van der Waals surface area contributed by atoms with Gasteiger partial charge in [0.2, 0.25) is 0 Å². The molecule has 0 fully saturated rings. The van der Waals surface area contributed by atoms with Crippen molar-refractivity contribution in [2.24, 2.45) is 0 Å². The first-order valence-corrected chi connectivity index (χ1v) is 7.98. The zero-order valence-electron chi connectivity index (χ0n) is 13.2. The van der Waals surface area contributed by atoms with Crippen molar-refractivity contribution in [1.82, 2.24) is 0 Å². The fourth-order valence-corrected chi connectivity index (χ4v) is 2.63. The molecule has 0 saturated carbocycles. The van der Waals surface area contributed by atoms with Gasteiger partial charge in [0, 0.05) is 23.4 Å². The van der Waals surface area contributed by atoms with Gasteiger partial charge in [-0.2, -0.15) is 0 Å². The Balaban J connectivity index is 1.78. The maximum atomic E-state index is 12.3. The molecule has 0 aliphatic heterocycles. The molecule has 0 bridgehead atoms. The molecule has 3 rings (SSSR count). The molecule has 0 saturated heterocycles. The first-order valence-electron chi connectivity index (χ1n) is 7.44. The highest BCUT2D eigenvalue weighted by atomic mass is 35.5. The molecule has 2 aromatic carbocycles. The van der Waals surface area contributed by atoms with E-state index in [1.54, 1.807) is 18.2 Å². The number of fused-ring (bicyclic) bond motifs is 1. The Bertz CT molecular complexity index is 982. The van der Waals surface area contributed by atoms with Crippen molar-refractivity contribution in [2.45, 2.75) is 18.8 Å². The van der Waals surface area contributed by atoms with Gasteiger partial charge in [0.05, 0.1) is 0 Å². The number of halogens is 4. The van der Waals surface area contributed by atoms with E-state index in [9.17, 15) is 18.0 Å². The monoisotopic (exact) mass is 384 g/mol. The smallest absolute Gasteiger partial charge is 0.489 e. The van der Waals surface area contributed by atoms with Crippen LogP contribution in [-0.4, -0.2) is 6.36 Å². The lowest BCUT2D eigenvalue weighted by atomic mass is 10.1. The molecule has 8 heteroatoms. The van der Waals surface area contributed by atoms with E-state index in [2.05, 4.69) is 4.74 Å². The van der Waals surface area contributed by atoms with Gasteiger partial charge < -0.3 is 13.9 Å². The Morgan fingerprint density at radius 2 is 1.85 bits per heavy atom. The van der Waals surface area contributed by atoms with Crippen molar-refractivity contribution in [2.75, 3.05) is 0 Å². The highest BCUT2D eigenvalue weighted by Gasteiger charge is 2.31. The molecule has 0 unspecified atom stereocenters. The lowest BCUT2D eigenvalue weighted by Gasteiger charge is -2.11. The summed E-state index contributed by atoms with van der Waals surface area (Å²) in [5.74, 6) is 0.235. The second-order valence-corrected chi connectivity index (χ2v) is 5.63. The van der Waals surface area contributed by atoms with Crippen LogP contribution in [0.25, 0.3) is 11.0 Å². The van der Waals surface area contributed by atoms with Crippen LogP contribution < -0.4 is 15.1 Å². The van der Waals surface area contributed by atoms with Gasteiger partial charge in [-0.05, 0) is 35.4 Å². The van der Waals surface area contributed by atoms with Crippen molar-refractivity contribution >= 4 is 22.6 Å². The summed E-state index contributed by atoms with van der Waals surface area (Å²) in [6.07, 6.45) is -4.75. The Morgan fingerprint density at radius 3 is 2.58 bits per heavy atom. The molecular weight excluding hydrogens is 373 g/mol. The van der Waals surface area contributed by atoms with E-state index in [-0.39, 0.29) is 18.2 Å². The normalized spacial score (nSPS) is 11.5. The van der Waals surface area contributed by atoms with Crippen molar-refractivity contribution in [3.8, 4) is 11.5 Å². The van der Waals surface area contributed by atoms with Crippen molar-refractivity contribution in [3.05, 3.63) is 70.1 Å². The molecule has 0 amide bonds. The van der Waals surface area contributed by atoms with Crippen molar-refractivity contribution < 1.29 is 27.1 Å². The van der Waals surface area contributed by atoms with Crippen LogP contribution in [0, 0.1) is 0 Å². The summed E-state index contributed by atoms with van der Waals surface area (Å²) in [5, 5.41) is 0.688. The second-order valence-electron chi connectivity index (χ2n) is 5.37. The summed E-state index contributed by atoms with van der Waals surface area (Å²) >= 11 is 5.82. The fourth-order valence-electron chi connectivity index (χ4n) is 2.41. The van der Waals surface area contributed by atoms with Crippen LogP contribution in [0.1, 0.15) is 11.1 Å². The number of benzene rings is 2. The molecule has 1 heterocycles. The average Bonchev–Trinajstić information content (AvgIpc) is 2.57. The molecule has 26 heavy (non-hydrogen) atoms. The van der Waals surface area contributed by atoms with E-state index < -0.39 is 12.0 Å². The zero-order chi connectivity index (χ0) is 18.7. The van der Waals surface area contributed by atoms with Gasteiger partial charge in [0.15, 0.2) is 0 Å². The van der Waals surface area contributed by atoms with Gasteiger partial charge >= 0.3 is 12.0 Å². The SMILES string of the molecule is O=c1cc(CCl)c2ccc(OCc3cccc(OC(F)(F)F)c3)cc2o1. The number of hydrogen-bond acceptors (Lipinski definition) is 4. The first-order chi connectivity index (χ1) is 12.3. The average molecular weight is 385 g/mol. The van der Waals surface area contributed by atoms with E-state index in [1.807, 2.05) is 0 Å². The summed E-state index contributed by atoms with van der Waals surface area (Å²) in [6.45, 7) is 0.0139. The van der Waals surface area contributed by atoms with E-state index in [0.29, 0.717) is 27.8 Å². The molecule has 3 aromatic rings. The standard InChI is InChI=1S/C18H12ClF3O4/c19-9-12-7-17(23)25-16-8-13(4-5-15(12)16)24-10-11-2-1-3-14(6-11)26-18(20,21)22/h1-8H,9-10H2. The van der Waals surface area contributed by atoms with Crippen LogP contribution in [0.2, 0.25) is 0 Å². The molecule has 4 nitrogen and oxygen atoms in total. The second kappa shape index (κ2) is 7.29. The highest BCUT2D eigenvalue weighted by Crippen LogP contribution is 2.26. The Morgan fingerprint density at radius 1 is 1.04 bits per heavy atom. The maximum absolute atomic E-state index is 12.3. The minimum Gasteiger partial charge on any atom is -0.489 e. The van der Waals surface area contributed by atoms with Gasteiger partial charge in [-0.15, -0.1) is 24.8 Å². The van der Waals surface area contributed by atoms with E-state index in [1.165, 1.54) is 30.3 Å². The topological polar surface area (TPSA) is 48.7 Å². The van der Waals surface area contributed by atoms with E-state index in [4.69, 9.17) is 20.8 Å². The summed E-state index contributed by atoms with van der Waals surface area (Å²) in [6, 6.07) is 11.7. The van der Waals surface area contributed by atoms with Crippen LogP contribution in [0.3, 0.4) is 0 Å². The summed E-state index contributed by atoms with van der Waals surface area (Å²) in [7, 11) is 0. The van der Waals surface area contributed by atoms with Gasteiger partial charge in [-0.1, -0.05) is 12.1 Å². The van der Waals surface area contributed by atoms with Crippen LogP contribution in [-0.2, 0) is 12.5 Å². The number of hydrogen-bond donors (Lipinski definition) is 0. The molecule has 0 radical (unpaired) electrons. The predicted octanol–water partition coefficient (Wildman–Crippen LogP) is 5.01. The van der Waals surface area contributed by atoms with Crippen molar-refractivity contribution in [1.29, 1.82) is 0 Å². The third-order valence-electron chi connectivity index (χ3n) is 3.48. The zero-order valence-corrected chi connectivity index (χ0v) is 13.9. The lowest BCUT2D eigenvalue weighted by Crippen LogP contribution is -2.17. The summed E-state index contributed by atoms with van der Waals surface area (Å²) < 4.78 is 51.4. The van der Waals surface area contributed by atoms with Crippen LogP contribution in [0.5, 0.6) is 11.5 Å². The minimum absolute atomic E-state index is 0.0139. The summed E-state index contributed by atoms with van der Waals surface area (Å²) in [5.41, 5.74) is 0.923. The third kappa shape index (κ3) is 4.49. The molecular formula is C18H12ClF3O4. The van der Waals surface area contributed by atoms with E-state index >= 15 is 0 Å². The maximum Gasteiger partial charge on any atom is 0.573 e. The number of alkyl halides is 4. The van der Waals surface area contributed by atoms with Crippen LogP contribution in [0.15, 0.2) is 57.7 Å². The molecule has 0 N–H and O–H groups in total. The summed E-state index contributed by atoms with van der Waals surface area (Å²) in [4.78, 5) is 11.5.